The topological polar surface area (TPSA) is 136 Å². The number of primary amides is 1. The van der Waals surface area contributed by atoms with Gasteiger partial charge in [0.1, 0.15) is 0 Å². The molecule has 0 unspecified atom stereocenters. The Balaban J connectivity index is 1.96. The van der Waals surface area contributed by atoms with Crippen LogP contribution in [-0.4, -0.2) is 61.9 Å². The minimum atomic E-state index is -3.14. The van der Waals surface area contributed by atoms with E-state index in [0.29, 0.717) is 23.6 Å². The van der Waals surface area contributed by atoms with Crippen LogP contribution in [0.5, 0.6) is 0 Å². The highest BCUT2D eigenvalue weighted by Gasteiger charge is 2.34. The van der Waals surface area contributed by atoms with E-state index in [1.165, 1.54) is 4.90 Å². The first-order valence-electron chi connectivity index (χ1n) is 9.09. The molecule has 1 aromatic carbocycles. The predicted octanol–water partition coefficient (Wildman–Crippen LogP) is 1.02. The highest BCUT2D eigenvalue weighted by atomic mass is 35.5. The van der Waals surface area contributed by atoms with E-state index in [1.54, 1.807) is 31.2 Å². The molecular weight excluding hydrogens is 422 g/mol. The van der Waals surface area contributed by atoms with Crippen molar-refractivity contribution in [3.8, 4) is 0 Å². The van der Waals surface area contributed by atoms with E-state index in [2.05, 4.69) is 5.32 Å². The van der Waals surface area contributed by atoms with Crippen molar-refractivity contribution in [2.75, 3.05) is 24.7 Å². The Labute approximate surface area is 174 Å². The molecule has 0 bridgehead atoms. The van der Waals surface area contributed by atoms with Gasteiger partial charge in [-0.15, -0.1) is 0 Å². The Morgan fingerprint density at radius 1 is 1.34 bits per heavy atom. The molecule has 0 radical (unpaired) electrons. The Hall–Kier alpha value is -2.33. The molecule has 0 aromatic heterocycles. The van der Waals surface area contributed by atoms with Crippen molar-refractivity contribution in [2.24, 2.45) is 5.73 Å². The molecule has 1 aromatic rings. The van der Waals surface area contributed by atoms with E-state index >= 15 is 0 Å². The molecule has 3 N–H and O–H groups in total. The number of nitrogens with zero attached hydrogens (tertiary/aromatic N) is 1. The summed E-state index contributed by atoms with van der Waals surface area (Å²) < 4.78 is 28.3. The Bertz CT molecular complexity index is 876. The van der Waals surface area contributed by atoms with Gasteiger partial charge in [0, 0.05) is 17.6 Å². The van der Waals surface area contributed by atoms with Crippen molar-refractivity contribution < 1.29 is 27.5 Å². The van der Waals surface area contributed by atoms with E-state index in [1.807, 2.05) is 0 Å². The lowest BCUT2D eigenvalue weighted by Gasteiger charge is -2.26. The van der Waals surface area contributed by atoms with Gasteiger partial charge in [0.15, 0.2) is 16.4 Å². The summed E-state index contributed by atoms with van der Waals surface area (Å²) in [4.78, 5) is 37.3. The number of amides is 3. The number of nitrogens with two attached hydrogens (primary N) is 1. The second kappa shape index (κ2) is 9.93. The molecule has 160 valence electrons. The normalized spacial score (nSPS) is 18.6. The summed E-state index contributed by atoms with van der Waals surface area (Å²) >= 11 is 6.12. The van der Waals surface area contributed by atoms with Gasteiger partial charge >= 0.3 is 12.0 Å². The monoisotopic (exact) mass is 445 g/mol. The van der Waals surface area contributed by atoms with Crippen molar-refractivity contribution >= 4 is 39.3 Å². The molecule has 1 aliphatic rings. The van der Waals surface area contributed by atoms with Crippen LogP contribution in [0.2, 0.25) is 5.02 Å². The maximum atomic E-state index is 12.4. The first-order valence-corrected chi connectivity index (χ1v) is 11.3. The SMILES string of the molecule is CCN(C(=O)COC(=O)C[C@@H](NC(N)=O)c1ccccc1Cl)[C@@H]1CCS(=O)(=O)C1. The van der Waals surface area contributed by atoms with E-state index in [-0.39, 0.29) is 17.9 Å². The molecule has 0 aliphatic carbocycles. The first-order chi connectivity index (χ1) is 13.6. The number of carbonyl (C=O) groups excluding carboxylic acids is 3. The molecule has 11 heteroatoms. The zero-order chi connectivity index (χ0) is 21.6. The Morgan fingerprint density at radius 3 is 2.59 bits per heavy atom. The number of hydrogen-bond acceptors (Lipinski definition) is 6. The van der Waals surface area contributed by atoms with Crippen molar-refractivity contribution in [3.63, 3.8) is 0 Å². The molecule has 3 amide bonds. The predicted molar refractivity (Wildman–Crippen MR) is 107 cm³/mol. The third-order valence-electron chi connectivity index (χ3n) is 4.63. The fraction of sp³-hybridized carbons (Fsp3) is 0.500. The van der Waals surface area contributed by atoms with Crippen LogP contribution in [0.15, 0.2) is 24.3 Å². The minimum absolute atomic E-state index is 0.0412. The molecule has 1 fully saturated rings. The van der Waals surface area contributed by atoms with Crippen molar-refractivity contribution in [1.29, 1.82) is 0 Å². The maximum absolute atomic E-state index is 12.4. The van der Waals surface area contributed by atoms with Crippen molar-refractivity contribution in [3.05, 3.63) is 34.9 Å². The van der Waals surface area contributed by atoms with Gasteiger partial charge in [0.25, 0.3) is 5.91 Å². The molecule has 29 heavy (non-hydrogen) atoms. The number of esters is 1. The van der Waals surface area contributed by atoms with Gasteiger partial charge in [0.2, 0.25) is 0 Å². The largest absolute Gasteiger partial charge is 0.455 e. The molecule has 1 heterocycles. The Kier molecular flexibility index (Phi) is 7.86. The van der Waals surface area contributed by atoms with Crippen molar-refractivity contribution in [2.45, 2.75) is 31.8 Å². The molecule has 9 nitrogen and oxygen atoms in total. The first kappa shape index (κ1) is 23.0. The summed E-state index contributed by atoms with van der Waals surface area (Å²) in [7, 11) is -3.14. The average Bonchev–Trinajstić information content (AvgIpc) is 2.99. The van der Waals surface area contributed by atoms with Gasteiger partial charge < -0.3 is 20.7 Å². The van der Waals surface area contributed by atoms with E-state index < -0.39 is 46.4 Å². The van der Waals surface area contributed by atoms with Crippen LogP contribution in [0.4, 0.5) is 4.79 Å². The maximum Gasteiger partial charge on any atom is 0.312 e. The number of halogens is 1. The smallest absolute Gasteiger partial charge is 0.312 e. The van der Waals surface area contributed by atoms with Gasteiger partial charge in [-0.2, -0.15) is 0 Å². The lowest BCUT2D eigenvalue weighted by Crippen LogP contribution is -2.43. The zero-order valence-electron chi connectivity index (χ0n) is 16.0. The Morgan fingerprint density at radius 2 is 2.03 bits per heavy atom. The van der Waals surface area contributed by atoms with Crippen LogP contribution >= 0.6 is 11.6 Å². The molecule has 0 spiro atoms. The number of rotatable bonds is 8. The van der Waals surface area contributed by atoms with Crippen molar-refractivity contribution in [1.82, 2.24) is 10.2 Å². The van der Waals surface area contributed by atoms with Crippen LogP contribution < -0.4 is 11.1 Å². The molecule has 1 saturated heterocycles. The van der Waals surface area contributed by atoms with Crippen LogP contribution in [0.3, 0.4) is 0 Å². The van der Waals surface area contributed by atoms with Crippen LogP contribution in [0.25, 0.3) is 0 Å². The summed E-state index contributed by atoms with van der Waals surface area (Å²) in [6.45, 7) is 1.52. The van der Waals surface area contributed by atoms with E-state index in [4.69, 9.17) is 22.1 Å². The van der Waals surface area contributed by atoms with Crippen LogP contribution in [-0.2, 0) is 24.2 Å². The number of sulfone groups is 1. The fourth-order valence-electron chi connectivity index (χ4n) is 3.28. The van der Waals surface area contributed by atoms with Gasteiger partial charge in [-0.25, -0.2) is 13.2 Å². The van der Waals surface area contributed by atoms with Gasteiger partial charge in [-0.3, -0.25) is 9.59 Å². The third-order valence-corrected chi connectivity index (χ3v) is 6.73. The minimum Gasteiger partial charge on any atom is -0.455 e. The van der Waals surface area contributed by atoms with Crippen LogP contribution in [0, 0.1) is 0 Å². The number of likely N-dealkylation sites (N-methyl/N-ethyl adjacent to an activating group) is 1. The summed E-state index contributed by atoms with van der Waals surface area (Å²) in [5.74, 6) is -1.25. The standard InChI is InChI=1S/C18H24ClN3O6S/c1-2-22(12-7-8-29(26,27)11-12)16(23)10-28-17(24)9-15(21-18(20)25)13-5-3-4-6-14(13)19/h3-6,12,15H,2,7-11H2,1H3,(H3,20,21,25)/t12-,15-/m1/s1. The number of ether oxygens (including phenoxy) is 1. The van der Waals surface area contributed by atoms with Gasteiger partial charge in [-0.1, -0.05) is 29.8 Å². The zero-order valence-corrected chi connectivity index (χ0v) is 17.5. The van der Waals surface area contributed by atoms with Crippen LogP contribution in [0.1, 0.15) is 31.4 Å². The number of nitrogens with one attached hydrogen (secondary N) is 1. The second-order valence-corrected chi connectivity index (χ2v) is 9.32. The summed E-state index contributed by atoms with van der Waals surface area (Å²) in [6.07, 6.45) is 0.0941. The quantitative estimate of drug-likeness (QED) is 0.573. The number of hydrogen-bond donors (Lipinski definition) is 2. The number of benzene rings is 1. The fourth-order valence-corrected chi connectivity index (χ4v) is 5.28. The molecular formula is C18H24ClN3O6S. The second-order valence-electron chi connectivity index (χ2n) is 6.68. The number of urea groups is 1. The van der Waals surface area contributed by atoms with E-state index in [0.717, 1.165) is 0 Å². The van der Waals surface area contributed by atoms with Gasteiger partial charge in [0.05, 0.1) is 24.0 Å². The molecule has 0 saturated carbocycles. The molecule has 2 rings (SSSR count). The highest BCUT2D eigenvalue weighted by molar-refractivity contribution is 7.91. The summed E-state index contributed by atoms with van der Waals surface area (Å²) in [5.41, 5.74) is 5.66. The van der Waals surface area contributed by atoms with E-state index in [9.17, 15) is 22.8 Å². The molecule has 1 aliphatic heterocycles. The third kappa shape index (κ3) is 6.60. The lowest BCUT2D eigenvalue weighted by molar-refractivity contribution is -0.153. The summed E-state index contributed by atoms with van der Waals surface area (Å²) in [6, 6.07) is 4.58. The molecule has 2 atom stereocenters. The summed E-state index contributed by atoms with van der Waals surface area (Å²) in [5, 5.41) is 2.78. The lowest BCUT2D eigenvalue weighted by atomic mass is 10.0. The number of carbonyl (C=O) groups is 3. The average molecular weight is 446 g/mol. The van der Waals surface area contributed by atoms with Gasteiger partial charge in [-0.05, 0) is 25.0 Å². The highest BCUT2D eigenvalue weighted by Crippen LogP contribution is 2.25.